The van der Waals surface area contributed by atoms with E-state index in [9.17, 15) is 9.69 Å². The van der Waals surface area contributed by atoms with E-state index in [4.69, 9.17) is 18.5 Å². The van der Waals surface area contributed by atoms with Crippen LogP contribution in [0.5, 0.6) is 5.75 Å². The van der Waals surface area contributed by atoms with Crippen molar-refractivity contribution < 1.29 is 28.2 Å². The molecule has 7 nitrogen and oxygen atoms in total. The minimum atomic E-state index is -1.99. The second kappa shape index (κ2) is 20.9. The van der Waals surface area contributed by atoms with E-state index < -0.39 is 14.7 Å². The van der Waals surface area contributed by atoms with Crippen LogP contribution in [0.4, 0.5) is 0 Å². The monoisotopic (exact) mass is 513 g/mol. The molecular weight excluding hydrogens is 465 g/mol. The van der Waals surface area contributed by atoms with Gasteiger partial charge in [-0.2, -0.15) is 0 Å². The molecule has 1 rings (SSSR count). The van der Waals surface area contributed by atoms with Crippen molar-refractivity contribution in [1.82, 2.24) is 4.90 Å². The van der Waals surface area contributed by atoms with Gasteiger partial charge in [-0.05, 0) is 51.1 Å². The van der Waals surface area contributed by atoms with Crippen LogP contribution in [0.15, 0.2) is 24.3 Å². The number of benzene rings is 1. The summed E-state index contributed by atoms with van der Waals surface area (Å²) in [7, 11) is 1.87. The molecular formula is C27H48NO6P. The molecule has 2 unspecified atom stereocenters. The fourth-order valence-electron chi connectivity index (χ4n) is 3.58. The van der Waals surface area contributed by atoms with Crippen molar-refractivity contribution in [3.05, 3.63) is 29.8 Å². The fraction of sp³-hybridized carbons (Fsp3) is 0.741. The Kier molecular flexibility index (Phi) is 19.0. The number of aryl methyl sites for hydroxylation is 1. The predicted octanol–water partition coefficient (Wildman–Crippen LogP) is 6.27. The van der Waals surface area contributed by atoms with Crippen molar-refractivity contribution in [2.24, 2.45) is 0 Å². The smallest absolute Gasteiger partial charge is 0.330 e. The number of unbranched alkanes of at least 4 members (excludes halogenated alkanes) is 8. The third kappa shape index (κ3) is 18.7. The van der Waals surface area contributed by atoms with Gasteiger partial charge in [0.25, 0.3) is 0 Å². The first kappa shape index (κ1) is 31.8. The Hall–Kier alpha value is -1.24. The number of rotatable bonds is 22. The molecule has 0 fully saturated rings. The summed E-state index contributed by atoms with van der Waals surface area (Å²) >= 11 is 0. The number of carbonyl (C=O) groups excluding carboxylic acids is 1. The fourth-order valence-corrected chi connectivity index (χ4v) is 4.19. The lowest BCUT2D eigenvalue weighted by Crippen LogP contribution is -2.23. The summed E-state index contributed by atoms with van der Waals surface area (Å²) in [5, 5.41) is 0. The molecule has 0 saturated carbocycles. The SMILES string of the molecule is CCCCCCCCCCCOc1ccc(CCC(COP(O)OCCN(C)C)OC(C)=O)cc1. The van der Waals surface area contributed by atoms with Crippen LogP contribution in [0.25, 0.3) is 0 Å². The van der Waals surface area contributed by atoms with Crippen molar-refractivity contribution in [2.45, 2.75) is 90.6 Å². The Morgan fingerprint density at radius 2 is 1.57 bits per heavy atom. The lowest BCUT2D eigenvalue weighted by Gasteiger charge is -2.19. The zero-order chi connectivity index (χ0) is 25.7. The third-order valence-corrected chi connectivity index (χ3v) is 6.41. The van der Waals surface area contributed by atoms with E-state index in [2.05, 4.69) is 6.92 Å². The quantitative estimate of drug-likeness (QED) is 0.111. The Balaban J connectivity index is 2.24. The van der Waals surface area contributed by atoms with Gasteiger partial charge in [-0.3, -0.25) is 4.79 Å². The topological polar surface area (TPSA) is 77.5 Å². The first-order valence-electron chi connectivity index (χ1n) is 13.2. The van der Waals surface area contributed by atoms with E-state index in [1.165, 1.54) is 58.3 Å². The third-order valence-electron chi connectivity index (χ3n) is 5.64. The summed E-state index contributed by atoms with van der Waals surface area (Å²) in [4.78, 5) is 23.3. The molecule has 0 spiro atoms. The molecule has 8 heteroatoms. The van der Waals surface area contributed by atoms with Crippen LogP contribution >= 0.6 is 8.60 Å². The molecule has 0 bridgehead atoms. The van der Waals surface area contributed by atoms with Gasteiger partial charge in [-0.25, -0.2) is 0 Å². The van der Waals surface area contributed by atoms with Crippen molar-refractivity contribution in [3.8, 4) is 5.75 Å². The number of nitrogens with zero attached hydrogens (tertiary/aromatic N) is 1. The van der Waals surface area contributed by atoms with Gasteiger partial charge in [0.05, 0.1) is 19.8 Å². The molecule has 0 heterocycles. The molecule has 0 radical (unpaired) electrons. The van der Waals surface area contributed by atoms with E-state index in [1.807, 2.05) is 43.3 Å². The summed E-state index contributed by atoms with van der Waals surface area (Å²) in [6.45, 7) is 5.55. The normalized spacial score (nSPS) is 13.1. The number of ether oxygens (including phenoxy) is 2. The van der Waals surface area contributed by atoms with Gasteiger partial charge in [-0.1, -0.05) is 70.4 Å². The van der Waals surface area contributed by atoms with E-state index >= 15 is 0 Å². The number of hydrogen-bond donors (Lipinski definition) is 1. The maximum atomic E-state index is 11.5. The zero-order valence-electron chi connectivity index (χ0n) is 22.4. The maximum Gasteiger partial charge on any atom is 0.330 e. The molecule has 0 aliphatic rings. The largest absolute Gasteiger partial charge is 0.494 e. The number of likely N-dealkylation sites (N-methyl/N-ethyl adjacent to an activating group) is 1. The highest BCUT2D eigenvalue weighted by Crippen LogP contribution is 2.33. The summed E-state index contributed by atoms with van der Waals surface area (Å²) in [5.41, 5.74) is 1.13. The first-order chi connectivity index (χ1) is 16.9. The first-order valence-corrected chi connectivity index (χ1v) is 14.3. The highest BCUT2D eigenvalue weighted by atomic mass is 31.2. The van der Waals surface area contributed by atoms with E-state index in [0.717, 1.165) is 30.8 Å². The summed E-state index contributed by atoms with van der Waals surface area (Å²) in [5.74, 6) is 0.517. The van der Waals surface area contributed by atoms with E-state index in [-0.39, 0.29) is 12.6 Å². The van der Waals surface area contributed by atoms with Crippen molar-refractivity contribution in [1.29, 1.82) is 0 Å². The summed E-state index contributed by atoms with van der Waals surface area (Å²) in [6, 6.07) is 8.07. The van der Waals surface area contributed by atoms with Crippen LogP contribution in [-0.4, -0.2) is 62.3 Å². The molecule has 0 aliphatic heterocycles. The molecule has 1 N–H and O–H groups in total. The minimum absolute atomic E-state index is 0.101. The van der Waals surface area contributed by atoms with Crippen LogP contribution in [0, 0.1) is 0 Å². The molecule has 0 aromatic heterocycles. The van der Waals surface area contributed by atoms with E-state index in [0.29, 0.717) is 19.6 Å². The Morgan fingerprint density at radius 3 is 2.17 bits per heavy atom. The Bertz CT molecular complexity index is 643. The van der Waals surface area contributed by atoms with E-state index in [1.54, 1.807) is 0 Å². The van der Waals surface area contributed by atoms with Gasteiger partial charge in [0.1, 0.15) is 11.9 Å². The Morgan fingerprint density at radius 1 is 0.943 bits per heavy atom. The summed E-state index contributed by atoms with van der Waals surface area (Å²) in [6.07, 6.45) is 12.6. The lowest BCUT2D eigenvalue weighted by molar-refractivity contribution is -0.148. The molecule has 0 aliphatic carbocycles. The molecule has 0 saturated heterocycles. The van der Waals surface area contributed by atoms with Crippen LogP contribution < -0.4 is 4.74 Å². The van der Waals surface area contributed by atoms with Gasteiger partial charge in [0.2, 0.25) is 0 Å². The standard InChI is InChI=1S/C27H48NO6P/c1-5-6-7-8-9-10-11-12-13-21-31-26-17-14-25(15-18-26)16-19-27(34-24(2)29)23-33-35(30)32-22-20-28(3)4/h14-15,17-18,27,30H,5-13,16,19-23H2,1-4H3. The average molecular weight is 514 g/mol. The van der Waals surface area contributed by atoms with Crippen LogP contribution in [0.2, 0.25) is 0 Å². The minimum Gasteiger partial charge on any atom is -0.494 e. The van der Waals surface area contributed by atoms with Crippen molar-refractivity contribution >= 4 is 14.6 Å². The maximum absolute atomic E-state index is 11.5. The molecule has 1 aromatic rings. The van der Waals surface area contributed by atoms with Crippen molar-refractivity contribution in [3.63, 3.8) is 0 Å². The predicted molar refractivity (Wildman–Crippen MR) is 143 cm³/mol. The van der Waals surface area contributed by atoms with Gasteiger partial charge >= 0.3 is 14.6 Å². The highest BCUT2D eigenvalue weighted by molar-refractivity contribution is 7.40. The van der Waals surface area contributed by atoms with Gasteiger partial charge in [0, 0.05) is 13.5 Å². The second-order valence-corrected chi connectivity index (χ2v) is 10.3. The average Bonchev–Trinajstić information content (AvgIpc) is 2.82. The lowest BCUT2D eigenvalue weighted by atomic mass is 10.1. The molecule has 35 heavy (non-hydrogen) atoms. The number of esters is 1. The number of carbonyl (C=O) groups is 1. The van der Waals surface area contributed by atoms with Crippen LogP contribution in [0.1, 0.15) is 83.6 Å². The van der Waals surface area contributed by atoms with Gasteiger partial charge in [0.15, 0.2) is 0 Å². The molecule has 0 amide bonds. The number of hydrogen-bond acceptors (Lipinski definition) is 7. The highest BCUT2D eigenvalue weighted by Gasteiger charge is 2.17. The molecule has 1 aromatic carbocycles. The molecule has 202 valence electrons. The van der Waals surface area contributed by atoms with Crippen LogP contribution in [0.3, 0.4) is 0 Å². The molecule has 2 atom stereocenters. The zero-order valence-corrected chi connectivity index (χ0v) is 23.3. The Labute approximate surface area is 214 Å². The summed E-state index contributed by atoms with van der Waals surface area (Å²) < 4.78 is 21.9. The van der Waals surface area contributed by atoms with Crippen LogP contribution in [-0.2, 0) is 25.0 Å². The van der Waals surface area contributed by atoms with Gasteiger partial charge in [-0.15, -0.1) is 0 Å². The van der Waals surface area contributed by atoms with Crippen molar-refractivity contribution in [2.75, 3.05) is 40.5 Å². The second-order valence-electron chi connectivity index (χ2n) is 9.26. The van der Waals surface area contributed by atoms with Gasteiger partial charge < -0.3 is 28.3 Å².